The van der Waals surface area contributed by atoms with Crippen LogP contribution in [-0.4, -0.2) is 25.5 Å². The standard InChI is InChI=1S/C25H23N3O3/c1-3-31-25(30)20-10-12-21(13-11-20)26-27-22-14-16-23(17-15-22)28(2)24(29)18-9-19-7-5-4-6-8-19/h4-18H,3H2,1-2H3. The lowest BCUT2D eigenvalue weighted by molar-refractivity contribution is -0.113. The number of hydrogen-bond donors (Lipinski definition) is 0. The Bertz CT molecular complexity index is 1070. The highest BCUT2D eigenvalue weighted by Crippen LogP contribution is 2.22. The Morgan fingerprint density at radius 3 is 2.03 bits per heavy atom. The first-order valence-electron chi connectivity index (χ1n) is 9.86. The summed E-state index contributed by atoms with van der Waals surface area (Å²) in [5, 5.41) is 8.38. The smallest absolute Gasteiger partial charge is 0.338 e. The average Bonchev–Trinajstić information content (AvgIpc) is 2.82. The van der Waals surface area contributed by atoms with E-state index in [9.17, 15) is 9.59 Å². The van der Waals surface area contributed by atoms with Crippen LogP contribution in [-0.2, 0) is 9.53 Å². The number of amides is 1. The Balaban J connectivity index is 1.61. The molecule has 0 N–H and O–H groups in total. The lowest BCUT2D eigenvalue weighted by Gasteiger charge is -2.15. The molecule has 1 amide bonds. The van der Waals surface area contributed by atoms with Crippen LogP contribution >= 0.6 is 0 Å². The monoisotopic (exact) mass is 413 g/mol. The topological polar surface area (TPSA) is 71.3 Å². The van der Waals surface area contributed by atoms with Gasteiger partial charge < -0.3 is 9.64 Å². The van der Waals surface area contributed by atoms with Crippen molar-refractivity contribution < 1.29 is 14.3 Å². The second-order valence-corrected chi connectivity index (χ2v) is 6.63. The molecule has 6 heteroatoms. The van der Waals surface area contributed by atoms with Crippen LogP contribution in [0.1, 0.15) is 22.8 Å². The minimum absolute atomic E-state index is 0.125. The van der Waals surface area contributed by atoms with E-state index in [-0.39, 0.29) is 11.9 Å². The van der Waals surface area contributed by atoms with Crippen LogP contribution in [0.3, 0.4) is 0 Å². The Kier molecular flexibility index (Phi) is 7.43. The minimum atomic E-state index is -0.362. The zero-order valence-corrected chi connectivity index (χ0v) is 17.4. The molecule has 0 fully saturated rings. The number of carbonyl (C=O) groups is 2. The second-order valence-electron chi connectivity index (χ2n) is 6.63. The van der Waals surface area contributed by atoms with Crippen molar-refractivity contribution in [2.45, 2.75) is 6.92 Å². The third kappa shape index (κ3) is 6.21. The number of nitrogens with zero attached hydrogens (tertiary/aromatic N) is 3. The quantitative estimate of drug-likeness (QED) is 0.273. The van der Waals surface area contributed by atoms with E-state index in [0.29, 0.717) is 23.5 Å². The van der Waals surface area contributed by atoms with Crippen LogP contribution in [0.4, 0.5) is 17.1 Å². The van der Waals surface area contributed by atoms with Crippen LogP contribution in [0.25, 0.3) is 6.08 Å². The van der Waals surface area contributed by atoms with E-state index in [1.54, 1.807) is 67.4 Å². The second kappa shape index (κ2) is 10.6. The summed E-state index contributed by atoms with van der Waals surface area (Å²) in [6.07, 6.45) is 3.33. The number of likely N-dealkylation sites (N-methyl/N-ethyl adjacent to an activating group) is 1. The van der Waals surface area contributed by atoms with Crippen LogP contribution in [0, 0.1) is 0 Å². The molecule has 156 valence electrons. The van der Waals surface area contributed by atoms with Gasteiger partial charge in [0.2, 0.25) is 0 Å². The van der Waals surface area contributed by atoms with Gasteiger partial charge in [0.05, 0.1) is 23.5 Å². The maximum Gasteiger partial charge on any atom is 0.338 e. The molecule has 0 radical (unpaired) electrons. The molecular formula is C25H23N3O3. The molecule has 0 saturated carbocycles. The van der Waals surface area contributed by atoms with Crippen molar-refractivity contribution in [2.24, 2.45) is 10.2 Å². The molecule has 0 aliphatic rings. The van der Waals surface area contributed by atoms with E-state index < -0.39 is 0 Å². The van der Waals surface area contributed by atoms with Crippen LogP contribution in [0.5, 0.6) is 0 Å². The summed E-state index contributed by atoms with van der Waals surface area (Å²) < 4.78 is 4.96. The molecule has 0 heterocycles. The third-order valence-electron chi connectivity index (χ3n) is 4.44. The number of rotatable bonds is 7. The lowest BCUT2D eigenvalue weighted by Crippen LogP contribution is -2.23. The molecule has 0 aliphatic carbocycles. The lowest BCUT2D eigenvalue weighted by atomic mass is 10.2. The van der Waals surface area contributed by atoms with Crippen LogP contribution in [0.2, 0.25) is 0 Å². The number of ether oxygens (including phenoxy) is 1. The summed E-state index contributed by atoms with van der Waals surface area (Å²) in [5.41, 5.74) is 3.46. The summed E-state index contributed by atoms with van der Waals surface area (Å²) >= 11 is 0. The molecule has 3 aromatic carbocycles. The van der Waals surface area contributed by atoms with Gasteiger partial charge in [0.25, 0.3) is 5.91 Å². The first kappa shape index (κ1) is 21.6. The zero-order valence-electron chi connectivity index (χ0n) is 17.4. The molecule has 0 atom stereocenters. The minimum Gasteiger partial charge on any atom is -0.462 e. The predicted octanol–water partition coefficient (Wildman–Crippen LogP) is 5.95. The van der Waals surface area contributed by atoms with Gasteiger partial charge in [0, 0.05) is 18.8 Å². The molecule has 6 nitrogen and oxygen atoms in total. The van der Waals surface area contributed by atoms with Crippen molar-refractivity contribution in [3.8, 4) is 0 Å². The summed E-state index contributed by atoms with van der Waals surface area (Å²) in [6, 6.07) is 23.6. The molecule has 3 aromatic rings. The van der Waals surface area contributed by atoms with Crippen molar-refractivity contribution in [1.29, 1.82) is 0 Å². The predicted molar refractivity (Wildman–Crippen MR) is 122 cm³/mol. The van der Waals surface area contributed by atoms with E-state index >= 15 is 0 Å². The highest BCUT2D eigenvalue weighted by Gasteiger charge is 2.08. The number of carbonyl (C=O) groups excluding carboxylic acids is 2. The van der Waals surface area contributed by atoms with Crippen molar-refractivity contribution in [2.75, 3.05) is 18.6 Å². The van der Waals surface area contributed by atoms with Gasteiger partial charge in [0.15, 0.2) is 0 Å². The number of anilines is 1. The van der Waals surface area contributed by atoms with Gasteiger partial charge in [-0.3, -0.25) is 4.79 Å². The molecule has 0 aromatic heterocycles. The average molecular weight is 413 g/mol. The van der Waals surface area contributed by atoms with E-state index in [0.717, 1.165) is 11.3 Å². The fourth-order valence-corrected chi connectivity index (χ4v) is 2.71. The molecule has 0 spiro atoms. The first-order chi connectivity index (χ1) is 15.1. The van der Waals surface area contributed by atoms with Gasteiger partial charge in [-0.15, -0.1) is 0 Å². The van der Waals surface area contributed by atoms with E-state index in [1.165, 1.54) is 0 Å². The molecule has 3 rings (SSSR count). The van der Waals surface area contributed by atoms with Crippen LogP contribution < -0.4 is 4.90 Å². The summed E-state index contributed by atoms with van der Waals surface area (Å²) in [5.74, 6) is -0.487. The maximum atomic E-state index is 12.4. The highest BCUT2D eigenvalue weighted by atomic mass is 16.5. The summed E-state index contributed by atoms with van der Waals surface area (Å²) in [4.78, 5) is 25.6. The number of azo groups is 1. The fraction of sp³-hybridized carbons (Fsp3) is 0.120. The zero-order chi connectivity index (χ0) is 22.1. The van der Waals surface area contributed by atoms with E-state index in [4.69, 9.17) is 4.74 Å². The Hall–Kier alpha value is -4.06. The maximum absolute atomic E-state index is 12.4. The van der Waals surface area contributed by atoms with Gasteiger partial charge >= 0.3 is 5.97 Å². The SMILES string of the molecule is CCOC(=O)c1ccc(N=Nc2ccc(N(C)C(=O)C=Cc3ccccc3)cc2)cc1. The van der Waals surface area contributed by atoms with Gasteiger partial charge in [-0.05, 0) is 67.1 Å². The molecule has 0 aliphatic heterocycles. The van der Waals surface area contributed by atoms with Gasteiger partial charge in [-0.1, -0.05) is 30.3 Å². The summed E-state index contributed by atoms with van der Waals surface area (Å²) in [6.45, 7) is 2.10. The third-order valence-corrected chi connectivity index (χ3v) is 4.44. The van der Waals surface area contributed by atoms with Gasteiger partial charge in [0.1, 0.15) is 0 Å². The summed E-state index contributed by atoms with van der Waals surface area (Å²) in [7, 11) is 1.72. The molecule has 0 bridgehead atoms. The molecule has 0 saturated heterocycles. The van der Waals surface area contributed by atoms with Gasteiger partial charge in [-0.2, -0.15) is 10.2 Å². The molecule has 0 unspecified atom stereocenters. The van der Waals surface area contributed by atoms with E-state index in [1.807, 2.05) is 42.5 Å². The number of benzene rings is 3. The van der Waals surface area contributed by atoms with Crippen molar-refractivity contribution in [1.82, 2.24) is 0 Å². The normalized spacial score (nSPS) is 11.0. The first-order valence-corrected chi connectivity index (χ1v) is 9.86. The van der Waals surface area contributed by atoms with Crippen LogP contribution in [0.15, 0.2) is 95.2 Å². The Labute approximate surface area is 181 Å². The van der Waals surface area contributed by atoms with Crippen molar-refractivity contribution >= 4 is 35.0 Å². The van der Waals surface area contributed by atoms with E-state index in [2.05, 4.69) is 10.2 Å². The number of esters is 1. The fourth-order valence-electron chi connectivity index (χ4n) is 2.71. The number of hydrogen-bond acceptors (Lipinski definition) is 5. The van der Waals surface area contributed by atoms with Gasteiger partial charge in [-0.25, -0.2) is 4.79 Å². The largest absolute Gasteiger partial charge is 0.462 e. The molecule has 31 heavy (non-hydrogen) atoms. The highest BCUT2D eigenvalue weighted by molar-refractivity contribution is 6.03. The van der Waals surface area contributed by atoms with Crippen molar-refractivity contribution in [3.05, 3.63) is 96.1 Å². The van der Waals surface area contributed by atoms with Crippen molar-refractivity contribution in [3.63, 3.8) is 0 Å². The molecular weight excluding hydrogens is 390 g/mol. The Morgan fingerprint density at radius 2 is 1.45 bits per heavy atom. The Morgan fingerprint density at radius 1 is 0.871 bits per heavy atom.